The van der Waals surface area contributed by atoms with Crippen molar-refractivity contribution in [3.8, 4) is 0 Å². The maximum Gasteiger partial charge on any atom is 0.244 e. The molecule has 0 aliphatic heterocycles. The lowest BCUT2D eigenvalue weighted by atomic mass is 10.1. The van der Waals surface area contributed by atoms with Crippen molar-refractivity contribution < 1.29 is 9.59 Å². The van der Waals surface area contributed by atoms with E-state index in [1.165, 1.54) is 11.6 Å². The molecule has 0 spiro atoms. The van der Waals surface area contributed by atoms with E-state index in [1.54, 1.807) is 6.08 Å². The fraction of sp³-hybridized carbons (Fsp3) is 0.375. The van der Waals surface area contributed by atoms with E-state index < -0.39 is 0 Å². The lowest BCUT2D eigenvalue weighted by Crippen LogP contribution is -2.37. The van der Waals surface area contributed by atoms with Gasteiger partial charge in [0.2, 0.25) is 11.8 Å². The molecule has 5 nitrogen and oxygen atoms in total. The lowest BCUT2D eigenvalue weighted by Gasteiger charge is -2.06. The molecule has 0 unspecified atom stereocenters. The third-order valence-electron chi connectivity index (χ3n) is 2.74. The van der Waals surface area contributed by atoms with Gasteiger partial charge in [0, 0.05) is 19.2 Å². The summed E-state index contributed by atoms with van der Waals surface area (Å²) in [6.07, 6.45) is 3.98. The molecule has 2 amide bonds. The number of nitrogens with one attached hydrogen (secondary N) is 2. The number of amides is 2. The Bertz CT molecular complexity index is 470. The summed E-state index contributed by atoms with van der Waals surface area (Å²) in [5, 5.41) is 5.32. The van der Waals surface area contributed by atoms with Crippen LogP contribution in [0, 0.1) is 0 Å². The molecule has 0 radical (unpaired) electrons. The minimum Gasteiger partial charge on any atom is -0.354 e. The Morgan fingerprint density at radius 2 is 1.86 bits per heavy atom. The highest BCUT2D eigenvalue weighted by Gasteiger charge is 2.02. The monoisotopic (exact) mass is 289 g/mol. The van der Waals surface area contributed by atoms with Crippen LogP contribution in [0.4, 0.5) is 0 Å². The lowest BCUT2D eigenvalue weighted by molar-refractivity contribution is -0.123. The molecule has 1 rings (SSSR count). The zero-order valence-corrected chi connectivity index (χ0v) is 12.6. The summed E-state index contributed by atoms with van der Waals surface area (Å²) in [5.41, 5.74) is 1.17. The Morgan fingerprint density at radius 3 is 2.52 bits per heavy atom. The predicted octanol–water partition coefficient (Wildman–Crippen LogP) is 0.579. The molecule has 0 heterocycles. The molecule has 21 heavy (non-hydrogen) atoms. The second-order valence-electron chi connectivity index (χ2n) is 4.97. The first-order valence-corrected chi connectivity index (χ1v) is 6.97. The van der Waals surface area contributed by atoms with Gasteiger partial charge in [0.25, 0.3) is 0 Å². The number of carbonyl (C=O) groups is 2. The van der Waals surface area contributed by atoms with Gasteiger partial charge < -0.3 is 15.5 Å². The second kappa shape index (κ2) is 9.72. The average Bonchev–Trinajstić information content (AvgIpc) is 2.46. The molecule has 0 atom stereocenters. The number of rotatable bonds is 8. The zero-order valence-electron chi connectivity index (χ0n) is 12.6. The van der Waals surface area contributed by atoms with Crippen LogP contribution in [0.1, 0.15) is 5.56 Å². The van der Waals surface area contributed by atoms with Gasteiger partial charge in [-0.2, -0.15) is 0 Å². The van der Waals surface area contributed by atoms with Crippen LogP contribution in [0.2, 0.25) is 0 Å². The molecule has 0 saturated carbocycles. The summed E-state index contributed by atoms with van der Waals surface area (Å²) in [6.45, 7) is 1.26. The highest BCUT2D eigenvalue weighted by atomic mass is 16.2. The van der Waals surface area contributed by atoms with Crippen molar-refractivity contribution in [2.45, 2.75) is 6.42 Å². The summed E-state index contributed by atoms with van der Waals surface area (Å²) < 4.78 is 0. The van der Waals surface area contributed by atoms with Crippen LogP contribution in [0.15, 0.2) is 42.5 Å². The number of benzene rings is 1. The summed E-state index contributed by atoms with van der Waals surface area (Å²) in [4.78, 5) is 24.9. The Morgan fingerprint density at radius 1 is 1.14 bits per heavy atom. The topological polar surface area (TPSA) is 61.4 Å². The Hall–Kier alpha value is -2.14. The van der Waals surface area contributed by atoms with Gasteiger partial charge in [-0.3, -0.25) is 9.59 Å². The maximum absolute atomic E-state index is 11.6. The first-order chi connectivity index (χ1) is 10.1. The van der Waals surface area contributed by atoms with E-state index >= 15 is 0 Å². The van der Waals surface area contributed by atoms with Gasteiger partial charge in [-0.05, 0) is 26.1 Å². The van der Waals surface area contributed by atoms with Gasteiger partial charge >= 0.3 is 0 Å². The fourth-order valence-corrected chi connectivity index (χ4v) is 1.65. The molecule has 114 valence electrons. The SMILES string of the molecule is CN(C)C/C=C/C(=O)NCC(=O)NCCc1ccccc1. The van der Waals surface area contributed by atoms with Crippen LogP contribution in [0.25, 0.3) is 0 Å². The smallest absolute Gasteiger partial charge is 0.244 e. The van der Waals surface area contributed by atoms with Crippen molar-refractivity contribution >= 4 is 11.8 Å². The summed E-state index contributed by atoms with van der Waals surface area (Å²) >= 11 is 0. The summed E-state index contributed by atoms with van der Waals surface area (Å²) in [5.74, 6) is -0.435. The van der Waals surface area contributed by atoms with E-state index in [0.29, 0.717) is 13.1 Å². The van der Waals surface area contributed by atoms with E-state index in [-0.39, 0.29) is 18.4 Å². The minimum atomic E-state index is -0.255. The number of nitrogens with zero attached hydrogens (tertiary/aromatic N) is 1. The quantitative estimate of drug-likeness (QED) is 0.688. The fourth-order valence-electron chi connectivity index (χ4n) is 1.65. The van der Waals surface area contributed by atoms with Gasteiger partial charge in [0.15, 0.2) is 0 Å². The highest BCUT2D eigenvalue weighted by Crippen LogP contribution is 1.97. The van der Waals surface area contributed by atoms with Crippen molar-refractivity contribution in [2.75, 3.05) is 33.7 Å². The van der Waals surface area contributed by atoms with E-state index in [0.717, 1.165) is 6.42 Å². The molecule has 0 aliphatic rings. The standard InChI is InChI=1S/C16H23N3O2/c1-19(2)12-6-9-15(20)18-13-16(21)17-11-10-14-7-4-3-5-8-14/h3-9H,10-13H2,1-2H3,(H,17,21)(H,18,20)/b9-6+. The largest absolute Gasteiger partial charge is 0.354 e. The average molecular weight is 289 g/mol. The van der Waals surface area contributed by atoms with E-state index in [2.05, 4.69) is 10.6 Å². The van der Waals surface area contributed by atoms with Crippen molar-refractivity contribution in [3.63, 3.8) is 0 Å². The van der Waals surface area contributed by atoms with Crippen molar-refractivity contribution in [1.29, 1.82) is 0 Å². The first-order valence-electron chi connectivity index (χ1n) is 6.97. The molecule has 1 aromatic rings. The van der Waals surface area contributed by atoms with Gasteiger partial charge in [-0.15, -0.1) is 0 Å². The van der Waals surface area contributed by atoms with E-state index in [1.807, 2.05) is 49.3 Å². The van der Waals surface area contributed by atoms with Gasteiger partial charge in [-0.1, -0.05) is 36.4 Å². The van der Waals surface area contributed by atoms with Crippen molar-refractivity contribution in [2.24, 2.45) is 0 Å². The van der Waals surface area contributed by atoms with E-state index in [4.69, 9.17) is 0 Å². The maximum atomic E-state index is 11.6. The van der Waals surface area contributed by atoms with Crippen LogP contribution >= 0.6 is 0 Å². The van der Waals surface area contributed by atoms with Gasteiger partial charge in [0.05, 0.1) is 6.54 Å². The van der Waals surface area contributed by atoms with Crippen LogP contribution in [-0.4, -0.2) is 50.4 Å². The predicted molar refractivity (Wildman–Crippen MR) is 83.9 cm³/mol. The van der Waals surface area contributed by atoms with Crippen molar-refractivity contribution in [3.05, 3.63) is 48.0 Å². The normalized spacial score (nSPS) is 10.8. The molecule has 0 fully saturated rings. The van der Waals surface area contributed by atoms with Crippen molar-refractivity contribution in [1.82, 2.24) is 15.5 Å². The first kappa shape index (κ1) is 16.9. The molecular weight excluding hydrogens is 266 g/mol. The summed E-state index contributed by atoms with van der Waals surface area (Å²) in [7, 11) is 3.84. The molecule has 0 saturated heterocycles. The molecule has 1 aromatic carbocycles. The molecule has 5 heteroatoms. The third-order valence-corrected chi connectivity index (χ3v) is 2.74. The third kappa shape index (κ3) is 8.60. The Kier molecular flexibility index (Phi) is 7.82. The van der Waals surface area contributed by atoms with E-state index in [9.17, 15) is 9.59 Å². The highest BCUT2D eigenvalue weighted by molar-refractivity contribution is 5.91. The number of hydrogen-bond donors (Lipinski definition) is 2. The summed E-state index contributed by atoms with van der Waals surface area (Å²) in [6, 6.07) is 9.93. The number of likely N-dealkylation sites (N-methyl/N-ethyl adjacent to an activating group) is 1. The molecule has 2 N–H and O–H groups in total. The minimum absolute atomic E-state index is 0.0000721. The molecular formula is C16H23N3O2. The van der Waals surface area contributed by atoms with Crippen LogP contribution in [0.5, 0.6) is 0 Å². The Balaban J connectivity index is 2.13. The number of carbonyl (C=O) groups excluding carboxylic acids is 2. The van der Waals surface area contributed by atoms with Crippen LogP contribution in [-0.2, 0) is 16.0 Å². The zero-order chi connectivity index (χ0) is 15.5. The van der Waals surface area contributed by atoms with Gasteiger partial charge in [0.1, 0.15) is 0 Å². The van der Waals surface area contributed by atoms with Crippen LogP contribution < -0.4 is 10.6 Å². The van der Waals surface area contributed by atoms with Gasteiger partial charge in [-0.25, -0.2) is 0 Å². The Labute approximate surface area is 126 Å². The second-order valence-corrected chi connectivity index (χ2v) is 4.97. The van der Waals surface area contributed by atoms with Crippen LogP contribution in [0.3, 0.4) is 0 Å². The molecule has 0 aromatic heterocycles. The number of hydrogen-bond acceptors (Lipinski definition) is 3. The molecule has 0 bridgehead atoms. The molecule has 0 aliphatic carbocycles.